The maximum Gasteiger partial charge on any atom is 0.417 e. The Hall–Kier alpha value is -2.77. The van der Waals surface area contributed by atoms with Crippen LogP contribution in [0.5, 0.6) is 5.75 Å². The maximum absolute atomic E-state index is 13.6. The molecule has 0 unspecified atom stereocenters. The van der Waals surface area contributed by atoms with Crippen LogP contribution in [0.25, 0.3) is 11.3 Å². The minimum Gasteiger partial charge on any atom is -0.497 e. The van der Waals surface area contributed by atoms with Crippen LogP contribution in [-0.4, -0.2) is 55.0 Å². The number of thioether (sulfide) groups is 1. The first kappa shape index (κ1) is 21.9. The third-order valence-electron chi connectivity index (χ3n) is 4.49. The first-order valence-corrected chi connectivity index (χ1v) is 9.97. The van der Waals surface area contributed by atoms with E-state index in [1.165, 1.54) is 7.11 Å². The van der Waals surface area contributed by atoms with Crippen LogP contribution in [0.1, 0.15) is 11.1 Å². The van der Waals surface area contributed by atoms with Gasteiger partial charge in [-0.05, 0) is 30.3 Å². The van der Waals surface area contributed by atoms with Gasteiger partial charge in [0.1, 0.15) is 16.8 Å². The van der Waals surface area contributed by atoms with Gasteiger partial charge in [0.05, 0.1) is 42.9 Å². The molecule has 1 saturated heterocycles. The van der Waals surface area contributed by atoms with Gasteiger partial charge in [-0.2, -0.15) is 18.4 Å². The second-order valence-corrected chi connectivity index (χ2v) is 7.32. The van der Waals surface area contributed by atoms with E-state index >= 15 is 0 Å². The van der Waals surface area contributed by atoms with Gasteiger partial charge in [0.2, 0.25) is 5.91 Å². The zero-order valence-electron chi connectivity index (χ0n) is 16.0. The average molecular weight is 437 g/mol. The number of nitrogens with zero attached hydrogens (tertiary/aromatic N) is 3. The molecule has 30 heavy (non-hydrogen) atoms. The molecular weight excluding hydrogens is 419 g/mol. The third kappa shape index (κ3) is 5.04. The fourth-order valence-electron chi connectivity index (χ4n) is 2.90. The van der Waals surface area contributed by atoms with E-state index in [-0.39, 0.29) is 22.4 Å². The van der Waals surface area contributed by atoms with Gasteiger partial charge in [-0.25, -0.2) is 4.98 Å². The number of nitriles is 1. The van der Waals surface area contributed by atoms with Crippen molar-refractivity contribution in [3.8, 4) is 23.1 Å². The van der Waals surface area contributed by atoms with Crippen molar-refractivity contribution in [1.29, 1.82) is 5.26 Å². The second-order valence-electron chi connectivity index (χ2n) is 6.36. The summed E-state index contributed by atoms with van der Waals surface area (Å²) < 4.78 is 51.1. The van der Waals surface area contributed by atoms with Crippen LogP contribution in [0.2, 0.25) is 0 Å². The van der Waals surface area contributed by atoms with Crippen LogP contribution in [0.3, 0.4) is 0 Å². The van der Waals surface area contributed by atoms with E-state index in [1.54, 1.807) is 35.2 Å². The summed E-state index contributed by atoms with van der Waals surface area (Å²) in [6, 6.07) is 8.84. The van der Waals surface area contributed by atoms with Crippen molar-refractivity contribution >= 4 is 17.7 Å². The number of alkyl halides is 3. The maximum atomic E-state index is 13.6. The van der Waals surface area contributed by atoms with Crippen LogP contribution in [-0.2, 0) is 15.7 Å². The van der Waals surface area contributed by atoms with Crippen molar-refractivity contribution < 1.29 is 27.4 Å². The lowest BCUT2D eigenvalue weighted by Gasteiger charge is -2.26. The molecule has 2 heterocycles. The van der Waals surface area contributed by atoms with Crippen molar-refractivity contribution in [2.45, 2.75) is 11.2 Å². The number of ether oxygens (including phenoxy) is 2. The first-order chi connectivity index (χ1) is 14.3. The van der Waals surface area contributed by atoms with E-state index in [1.807, 2.05) is 0 Å². The normalized spacial score (nSPS) is 14.3. The Bertz CT molecular complexity index is 953. The molecule has 0 atom stereocenters. The van der Waals surface area contributed by atoms with Gasteiger partial charge < -0.3 is 14.4 Å². The van der Waals surface area contributed by atoms with Crippen LogP contribution in [0.4, 0.5) is 13.2 Å². The SMILES string of the molecule is COc1ccc(-c2cc(C(F)(F)F)c(C#N)c(SCC(=O)N3CCOCC3)n2)cc1. The van der Waals surface area contributed by atoms with Gasteiger partial charge >= 0.3 is 6.18 Å². The first-order valence-electron chi connectivity index (χ1n) is 8.98. The zero-order chi connectivity index (χ0) is 21.7. The Kier molecular flexibility index (Phi) is 6.84. The fourth-order valence-corrected chi connectivity index (χ4v) is 3.81. The molecule has 1 fully saturated rings. The van der Waals surface area contributed by atoms with Crippen molar-refractivity contribution in [1.82, 2.24) is 9.88 Å². The van der Waals surface area contributed by atoms with Crippen molar-refractivity contribution in [3.05, 3.63) is 41.5 Å². The molecule has 1 aromatic carbocycles. The van der Waals surface area contributed by atoms with Crippen molar-refractivity contribution in [3.63, 3.8) is 0 Å². The van der Waals surface area contributed by atoms with Gasteiger partial charge in [-0.3, -0.25) is 4.79 Å². The van der Waals surface area contributed by atoms with Crippen LogP contribution < -0.4 is 4.74 Å². The molecule has 2 aromatic rings. The minimum absolute atomic E-state index is 0.0605. The highest BCUT2D eigenvalue weighted by Crippen LogP contribution is 2.38. The Morgan fingerprint density at radius 1 is 1.30 bits per heavy atom. The molecular formula is C20H18F3N3O3S. The van der Waals surface area contributed by atoms with Crippen LogP contribution >= 0.6 is 11.8 Å². The van der Waals surface area contributed by atoms with Crippen molar-refractivity contribution in [2.75, 3.05) is 39.2 Å². The molecule has 0 aliphatic carbocycles. The van der Waals surface area contributed by atoms with E-state index in [0.29, 0.717) is 37.6 Å². The molecule has 3 rings (SSSR count). The fraction of sp³-hybridized carbons (Fsp3) is 0.350. The molecule has 6 nitrogen and oxygen atoms in total. The molecule has 1 amide bonds. The van der Waals surface area contributed by atoms with E-state index < -0.39 is 17.3 Å². The third-order valence-corrected chi connectivity index (χ3v) is 5.45. The average Bonchev–Trinajstić information content (AvgIpc) is 2.76. The highest BCUT2D eigenvalue weighted by atomic mass is 32.2. The molecule has 0 saturated carbocycles. The summed E-state index contributed by atoms with van der Waals surface area (Å²) >= 11 is 0.830. The van der Waals surface area contributed by atoms with Gasteiger partial charge in [-0.15, -0.1) is 0 Å². The number of amides is 1. The molecule has 0 spiro atoms. The number of pyridine rings is 1. The highest BCUT2D eigenvalue weighted by Gasteiger charge is 2.36. The lowest BCUT2D eigenvalue weighted by atomic mass is 10.1. The number of methoxy groups -OCH3 is 1. The Morgan fingerprint density at radius 2 is 1.97 bits per heavy atom. The summed E-state index contributed by atoms with van der Waals surface area (Å²) in [6.45, 7) is 1.70. The molecule has 158 valence electrons. The second kappa shape index (κ2) is 9.36. The molecule has 1 aliphatic heterocycles. The number of benzene rings is 1. The summed E-state index contributed by atoms with van der Waals surface area (Å²) in [4.78, 5) is 18.2. The molecule has 0 N–H and O–H groups in total. The lowest BCUT2D eigenvalue weighted by Crippen LogP contribution is -2.41. The minimum atomic E-state index is -4.74. The summed E-state index contributed by atoms with van der Waals surface area (Å²) in [5.41, 5.74) is -1.16. The summed E-state index contributed by atoms with van der Waals surface area (Å²) in [5.74, 6) is 0.192. The lowest BCUT2D eigenvalue weighted by molar-refractivity contribution is -0.138. The zero-order valence-corrected chi connectivity index (χ0v) is 16.8. The van der Waals surface area contributed by atoms with Crippen LogP contribution in [0, 0.1) is 11.3 Å². The number of aromatic nitrogens is 1. The number of hydrogen-bond donors (Lipinski definition) is 0. The Morgan fingerprint density at radius 3 is 2.53 bits per heavy atom. The predicted octanol–water partition coefficient (Wildman–Crippen LogP) is 3.60. The van der Waals surface area contributed by atoms with Gasteiger partial charge in [0.25, 0.3) is 0 Å². The number of hydrogen-bond acceptors (Lipinski definition) is 6. The topological polar surface area (TPSA) is 75.5 Å². The Labute approximate surface area is 175 Å². The van der Waals surface area contributed by atoms with Gasteiger partial charge in [0.15, 0.2) is 0 Å². The number of carbonyl (C=O) groups excluding carboxylic acids is 1. The van der Waals surface area contributed by atoms with E-state index in [9.17, 15) is 23.2 Å². The van der Waals surface area contributed by atoms with E-state index in [2.05, 4.69) is 4.98 Å². The number of rotatable bonds is 5. The quantitative estimate of drug-likeness (QED) is 0.666. The van der Waals surface area contributed by atoms with Gasteiger partial charge in [-0.1, -0.05) is 11.8 Å². The Balaban J connectivity index is 1.95. The predicted molar refractivity (Wildman–Crippen MR) is 104 cm³/mol. The van der Waals surface area contributed by atoms with Crippen molar-refractivity contribution in [2.24, 2.45) is 0 Å². The summed E-state index contributed by atoms with van der Waals surface area (Å²) in [5, 5.41) is 9.25. The summed E-state index contributed by atoms with van der Waals surface area (Å²) in [6.07, 6.45) is -4.74. The smallest absolute Gasteiger partial charge is 0.417 e. The largest absolute Gasteiger partial charge is 0.497 e. The number of halogens is 3. The number of morpholine rings is 1. The molecule has 0 bridgehead atoms. The number of carbonyl (C=O) groups is 1. The standard InChI is InChI=1S/C20H18F3N3O3S/c1-28-14-4-2-13(3-5-14)17-10-16(20(21,22)23)15(11-24)19(25-17)30-12-18(27)26-6-8-29-9-7-26/h2-5,10H,6-9,12H2,1H3. The molecule has 1 aliphatic rings. The highest BCUT2D eigenvalue weighted by molar-refractivity contribution is 8.00. The molecule has 10 heteroatoms. The molecule has 1 aromatic heterocycles. The van der Waals surface area contributed by atoms with Crippen LogP contribution in [0.15, 0.2) is 35.4 Å². The summed E-state index contributed by atoms with van der Waals surface area (Å²) in [7, 11) is 1.48. The molecule has 0 radical (unpaired) electrons. The van der Waals surface area contributed by atoms with Gasteiger partial charge in [0, 0.05) is 18.7 Å². The van der Waals surface area contributed by atoms with E-state index in [4.69, 9.17) is 9.47 Å². The monoisotopic (exact) mass is 437 g/mol. The van der Waals surface area contributed by atoms with E-state index in [0.717, 1.165) is 17.8 Å².